The highest BCUT2D eigenvalue weighted by molar-refractivity contribution is 5.92. The van der Waals surface area contributed by atoms with Gasteiger partial charge in [-0.2, -0.15) is 13.2 Å². The third kappa shape index (κ3) is 2.68. The zero-order valence-electron chi connectivity index (χ0n) is 7.79. The normalized spacial score (nSPS) is 13.3. The van der Waals surface area contributed by atoms with Gasteiger partial charge in [0.2, 0.25) is 5.78 Å². The number of hydrogen-bond acceptors (Lipinski definition) is 1. The van der Waals surface area contributed by atoms with E-state index in [1.807, 2.05) is 0 Å². The van der Waals surface area contributed by atoms with Crippen LogP contribution in [-0.2, 0) is 4.79 Å². The molecule has 0 amide bonds. The Kier molecular flexibility index (Phi) is 3.29. The van der Waals surface area contributed by atoms with Crippen LogP contribution in [0.4, 0.5) is 13.2 Å². The fourth-order valence-corrected chi connectivity index (χ4v) is 1.23. The van der Waals surface area contributed by atoms with Crippen LogP contribution in [0.3, 0.4) is 0 Å². The number of allylic oxidation sites excluding steroid dienone is 1. The number of Topliss-reactive ketones (excluding diaryl/α,β-unsaturated/α-hetero) is 1. The van der Waals surface area contributed by atoms with Gasteiger partial charge in [-0.05, 0) is 5.56 Å². The fourth-order valence-electron chi connectivity index (χ4n) is 1.23. The molecule has 1 atom stereocenters. The first kappa shape index (κ1) is 11.5. The number of hydrogen-bond donors (Lipinski definition) is 0. The van der Waals surface area contributed by atoms with E-state index in [-0.39, 0.29) is 0 Å². The Hall–Kier alpha value is -1.58. The van der Waals surface area contributed by atoms with Crippen molar-refractivity contribution in [3.63, 3.8) is 0 Å². The lowest BCUT2D eigenvalue weighted by Gasteiger charge is -2.13. The van der Waals surface area contributed by atoms with Crippen LogP contribution in [0.25, 0.3) is 0 Å². The molecule has 0 aliphatic carbocycles. The highest BCUT2D eigenvalue weighted by atomic mass is 19.4. The topological polar surface area (TPSA) is 17.1 Å². The molecule has 0 spiro atoms. The second-order valence-corrected chi connectivity index (χ2v) is 2.99. The number of rotatable bonds is 3. The maximum absolute atomic E-state index is 12.2. The minimum Gasteiger partial charge on any atom is -0.289 e. The SMILES string of the molecule is C=CC(C(=O)C(F)(F)F)c1ccccc1. The number of carbonyl (C=O) groups excluding carboxylic acids is 1. The molecular formula is C11H9F3O. The molecule has 0 saturated heterocycles. The van der Waals surface area contributed by atoms with Crippen molar-refractivity contribution >= 4 is 5.78 Å². The van der Waals surface area contributed by atoms with E-state index >= 15 is 0 Å². The number of halogens is 3. The van der Waals surface area contributed by atoms with Gasteiger partial charge in [0.05, 0.1) is 5.92 Å². The van der Waals surface area contributed by atoms with E-state index in [0.717, 1.165) is 6.08 Å². The molecule has 1 aromatic carbocycles. The predicted octanol–water partition coefficient (Wildman–Crippen LogP) is 3.09. The Balaban J connectivity index is 3.01. The Labute approximate surface area is 85.2 Å². The van der Waals surface area contributed by atoms with Crippen LogP contribution < -0.4 is 0 Å². The highest BCUT2D eigenvalue weighted by Gasteiger charge is 2.42. The number of benzene rings is 1. The molecule has 15 heavy (non-hydrogen) atoms. The molecular weight excluding hydrogens is 205 g/mol. The van der Waals surface area contributed by atoms with Crippen molar-refractivity contribution < 1.29 is 18.0 Å². The second kappa shape index (κ2) is 4.29. The van der Waals surface area contributed by atoms with E-state index in [1.165, 1.54) is 12.1 Å². The maximum atomic E-state index is 12.2. The molecule has 1 unspecified atom stereocenters. The minimum atomic E-state index is -4.82. The average molecular weight is 214 g/mol. The fraction of sp³-hybridized carbons (Fsp3) is 0.182. The smallest absolute Gasteiger partial charge is 0.289 e. The van der Waals surface area contributed by atoms with Gasteiger partial charge in [-0.15, -0.1) is 6.58 Å². The highest BCUT2D eigenvalue weighted by Crippen LogP contribution is 2.28. The van der Waals surface area contributed by atoms with Crippen LogP contribution in [0.15, 0.2) is 43.0 Å². The summed E-state index contributed by atoms with van der Waals surface area (Å²) in [6.07, 6.45) is -3.82. The first-order valence-corrected chi connectivity index (χ1v) is 4.25. The van der Waals surface area contributed by atoms with Gasteiger partial charge in [0, 0.05) is 0 Å². The monoisotopic (exact) mass is 214 g/mol. The third-order valence-electron chi connectivity index (χ3n) is 1.96. The molecule has 0 aliphatic heterocycles. The molecule has 1 aromatic rings. The van der Waals surface area contributed by atoms with Gasteiger partial charge in [-0.3, -0.25) is 4.79 Å². The summed E-state index contributed by atoms with van der Waals surface area (Å²) >= 11 is 0. The zero-order chi connectivity index (χ0) is 11.5. The van der Waals surface area contributed by atoms with Crippen LogP contribution >= 0.6 is 0 Å². The van der Waals surface area contributed by atoms with E-state index in [0.29, 0.717) is 5.56 Å². The van der Waals surface area contributed by atoms with Crippen molar-refractivity contribution in [2.45, 2.75) is 12.1 Å². The molecule has 1 nitrogen and oxygen atoms in total. The Morgan fingerprint density at radius 3 is 2.20 bits per heavy atom. The van der Waals surface area contributed by atoms with Gasteiger partial charge < -0.3 is 0 Å². The summed E-state index contributed by atoms with van der Waals surface area (Å²) in [6, 6.07) is 7.76. The molecule has 0 bridgehead atoms. The molecule has 0 radical (unpaired) electrons. The summed E-state index contributed by atoms with van der Waals surface area (Å²) in [5.74, 6) is -3.10. The van der Waals surface area contributed by atoms with E-state index < -0.39 is 17.9 Å². The lowest BCUT2D eigenvalue weighted by molar-refractivity contribution is -0.171. The zero-order valence-corrected chi connectivity index (χ0v) is 7.79. The number of ketones is 1. The molecule has 0 aliphatic rings. The lowest BCUT2D eigenvalue weighted by Crippen LogP contribution is -2.28. The predicted molar refractivity (Wildman–Crippen MR) is 50.4 cm³/mol. The largest absolute Gasteiger partial charge is 0.450 e. The van der Waals surface area contributed by atoms with Gasteiger partial charge in [0.1, 0.15) is 0 Å². The van der Waals surface area contributed by atoms with Crippen LogP contribution in [0.5, 0.6) is 0 Å². The van der Waals surface area contributed by atoms with Gasteiger partial charge in [0.25, 0.3) is 0 Å². The van der Waals surface area contributed by atoms with Gasteiger partial charge >= 0.3 is 6.18 Å². The van der Waals surface area contributed by atoms with Crippen LogP contribution in [0, 0.1) is 0 Å². The van der Waals surface area contributed by atoms with Crippen LogP contribution in [-0.4, -0.2) is 12.0 Å². The number of carbonyl (C=O) groups is 1. The molecule has 1 rings (SSSR count). The summed E-state index contributed by atoms with van der Waals surface area (Å²) in [5, 5.41) is 0. The Morgan fingerprint density at radius 2 is 1.80 bits per heavy atom. The first-order chi connectivity index (χ1) is 6.96. The first-order valence-electron chi connectivity index (χ1n) is 4.25. The lowest BCUT2D eigenvalue weighted by atomic mass is 9.94. The Bertz CT molecular complexity index is 354. The third-order valence-corrected chi connectivity index (χ3v) is 1.96. The van der Waals surface area contributed by atoms with E-state index in [9.17, 15) is 18.0 Å². The molecule has 0 heterocycles. The molecule has 0 aromatic heterocycles. The van der Waals surface area contributed by atoms with E-state index in [1.54, 1.807) is 18.2 Å². The summed E-state index contributed by atoms with van der Waals surface area (Å²) in [4.78, 5) is 11.0. The van der Waals surface area contributed by atoms with E-state index in [4.69, 9.17) is 0 Å². The number of alkyl halides is 3. The van der Waals surface area contributed by atoms with Crippen molar-refractivity contribution in [2.75, 3.05) is 0 Å². The Morgan fingerprint density at radius 1 is 1.27 bits per heavy atom. The van der Waals surface area contributed by atoms with Gasteiger partial charge in [0.15, 0.2) is 0 Å². The summed E-state index contributed by atoms with van der Waals surface area (Å²) < 4.78 is 36.5. The minimum absolute atomic E-state index is 0.301. The summed E-state index contributed by atoms with van der Waals surface area (Å²) in [6.45, 7) is 3.25. The molecule has 0 fully saturated rings. The van der Waals surface area contributed by atoms with Crippen molar-refractivity contribution in [3.05, 3.63) is 48.6 Å². The van der Waals surface area contributed by atoms with Gasteiger partial charge in [-0.25, -0.2) is 0 Å². The molecule has 0 saturated carbocycles. The van der Waals surface area contributed by atoms with Crippen LogP contribution in [0.1, 0.15) is 11.5 Å². The summed E-state index contributed by atoms with van der Waals surface area (Å²) in [7, 11) is 0. The standard InChI is InChI=1S/C11H9F3O/c1-2-9(10(15)11(12,13)14)8-6-4-3-5-7-8/h2-7,9H,1H2. The average Bonchev–Trinajstić information content (AvgIpc) is 2.19. The quantitative estimate of drug-likeness (QED) is 0.706. The second-order valence-electron chi connectivity index (χ2n) is 2.99. The van der Waals surface area contributed by atoms with Gasteiger partial charge in [-0.1, -0.05) is 36.4 Å². The van der Waals surface area contributed by atoms with Crippen LogP contribution in [0.2, 0.25) is 0 Å². The molecule has 0 N–H and O–H groups in total. The summed E-state index contributed by atoms with van der Waals surface area (Å²) in [5.41, 5.74) is 0.301. The molecule has 4 heteroatoms. The van der Waals surface area contributed by atoms with Crippen molar-refractivity contribution in [3.8, 4) is 0 Å². The van der Waals surface area contributed by atoms with E-state index in [2.05, 4.69) is 6.58 Å². The maximum Gasteiger partial charge on any atom is 0.450 e. The van der Waals surface area contributed by atoms with Crippen molar-refractivity contribution in [2.24, 2.45) is 0 Å². The molecule has 80 valence electrons. The van der Waals surface area contributed by atoms with Crippen molar-refractivity contribution in [1.82, 2.24) is 0 Å². The van der Waals surface area contributed by atoms with Crippen molar-refractivity contribution in [1.29, 1.82) is 0 Å².